The number of carbonyl (C=O) groups excluding carboxylic acids is 2. The molecule has 4 nitrogen and oxygen atoms in total. The van der Waals surface area contributed by atoms with Gasteiger partial charge in [0.05, 0.1) is 11.3 Å². The van der Waals surface area contributed by atoms with Crippen molar-refractivity contribution in [1.82, 2.24) is 0 Å². The van der Waals surface area contributed by atoms with Crippen molar-refractivity contribution in [2.75, 3.05) is 11.9 Å². The number of rotatable bonds is 4. The molecule has 0 fully saturated rings. The van der Waals surface area contributed by atoms with Crippen molar-refractivity contribution in [2.24, 2.45) is 0 Å². The van der Waals surface area contributed by atoms with Gasteiger partial charge in [-0.05, 0) is 31.1 Å². The van der Waals surface area contributed by atoms with E-state index >= 15 is 0 Å². The Morgan fingerprint density at radius 1 is 1.33 bits per heavy atom. The van der Waals surface area contributed by atoms with Gasteiger partial charge in [-0.1, -0.05) is 18.7 Å². The van der Waals surface area contributed by atoms with E-state index in [1.54, 1.807) is 19.1 Å². The number of carbonyl (C=O) groups is 2. The molecule has 0 aliphatic heterocycles. The number of ether oxygens (including phenoxy) is 1. The van der Waals surface area contributed by atoms with Crippen molar-refractivity contribution in [3.8, 4) is 0 Å². The molecule has 1 amide bonds. The highest BCUT2D eigenvalue weighted by molar-refractivity contribution is 6.01. The van der Waals surface area contributed by atoms with Crippen molar-refractivity contribution in [2.45, 2.75) is 20.8 Å². The summed E-state index contributed by atoms with van der Waals surface area (Å²) in [5.74, 6) is -0.691. The fourth-order valence-corrected chi connectivity index (χ4v) is 1.45. The summed E-state index contributed by atoms with van der Waals surface area (Å²) in [4.78, 5) is 23.0. The summed E-state index contributed by atoms with van der Waals surface area (Å²) in [6.07, 6.45) is 0. The zero-order valence-corrected chi connectivity index (χ0v) is 10.9. The predicted octanol–water partition coefficient (Wildman–Crippen LogP) is 2.69. The largest absolute Gasteiger partial charge is 0.458 e. The van der Waals surface area contributed by atoms with E-state index in [0.717, 1.165) is 11.1 Å². The highest BCUT2D eigenvalue weighted by Gasteiger charge is 2.15. The molecule has 0 unspecified atom stereocenters. The van der Waals surface area contributed by atoms with Gasteiger partial charge in [-0.25, -0.2) is 4.79 Å². The van der Waals surface area contributed by atoms with Gasteiger partial charge in [-0.3, -0.25) is 4.79 Å². The monoisotopic (exact) mass is 247 g/mol. The third-order valence-corrected chi connectivity index (χ3v) is 2.24. The molecule has 1 rings (SSSR count). The molecule has 4 heteroatoms. The minimum atomic E-state index is -0.467. The van der Waals surface area contributed by atoms with Crippen molar-refractivity contribution >= 4 is 17.6 Å². The first-order valence-corrected chi connectivity index (χ1v) is 5.60. The zero-order chi connectivity index (χ0) is 13.7. The molecule has 0 radical (unpaired) electrons. The van der Waals surface area contributed by atoms with Crippen LogP contribution in [0.15, 0.2) is 30.4 Å². The lowest BCUT2D eigenvalue weighted by Gasteiger charge is -2.12. The number of aryl methyl sites for hydroxylation is 1. The Hall–Kier alpha value is -2.10. The van der Waals surface area contributed by atoms with Gasteiger partial charge in [-0.2, -0.15) is 0 Å². The van der Waals surface area contributed by atoms with Gasteiger partial charge in [0, 0.05) is 6.92 Å². The summed E-state index contributed by atoms with van der Waals surface area (Å²) in [6.45, 7) is 8.83. The molecule has 1 aromatic carbocycles. The second-order valence-corrected chi connectivity index (χ2v) is 4.21. The molecule has 18 heavy (non-hydrogen) atoms. The van der Waals surface area contributed by atoms with Gasteiger partial charge in [0.25, 0.3) is 0 Å². The van der Waals surface area contributed by atoms with E-state index in [4.69, 9.17) is 4.74 Å². The first kappa shape index (κ1) is 14.0. The highest BCUT2D eigenvalue weighted by Crippen LogP contribution is 2.21. The van der Waals surface area contributed by atoms with Crippen molar-refractivity contribution in [3.63, 3.8) is 0 Å². The molecule has 0 saturated carbocycles. The number of esters is 1. The lowest BCUT2D eigenvalue weighted by molar-refractivity contribution is -0.114. The minimum Gasteiger partial charge on any atom is -0.458 e. The quantitative estimate of drug-likeness (QED) is 0.657. The SMILES string of the molecule is C=C(C)COC(=O)c1cccc(C)c1NC(C)=O. The second-order valence-electron chi connectivity index (χ2n) is 4.21. The molecule has 96 valence electrons. The minimum absolute atomic E-state index is 0.173. The lowest BCUT2D eigenvalue weighted by Crippen LogP contribution is -2.14. The molecule has 1 aromatic rings. The van der Waals surface area contributed by atoms with Crippen LogP contribution in [-0.4, -0.2) is 18.5 Å². The third-order valence-electron chi connectivity index (χ3n) is 2.24. The Labute approximate surface area is 107 Å². The Morgan fingerprint density at radius 2 is 2.00 bits per heavy atom. The van der Waals surface area contributed by atoms with E-state index in [9.17, 15) is 9.59 Å². The Kier molecular flexibility index (Phi) is 4.66. The molecule has 0 aromatic heterocycles. The fourth-order valence-electron chi connectivity index (χ4n) is 1.45. The number of hydrogen-bond donors (Lipinski definition) is 1. The summed E-state index contributed by atoms with van der Waals surface area (Å²) in [5, 5.41) is 2.65. The molecule has 0 bridgehead atoms. The molecule has 0 aliphatic carbocycles. The summed E-state index contributed by atoms with van der Waals surface area (Å²) in [5.41, 5.74) is 2.43. The van der Waals surface area contributed by atoms with Gasteiger partial charge in [0.15, 0.2) is 0 Å². The third kappa shape index (κ3) is 3.73. The molecule has 0 atom stereocenters. The van der Waals surface area contributed by atoms with E-state index in [-0.39, 0.29) is 12.5 Å². The van der Waals surface area contributed by atoms with Gasteiger partial charge in [-0.15, -0.1) is 0 Å². The van der Waals surface area contributed by atoms with E-state index in [1.807, 2.05) is 13.0 Å². The van der Waals surface area contributed by atoms with Crippen LogP contribution in [0.4, 0.5) is 5.69 Å². The van der Waals surface area contributed by atoms with Crippen LogP contribution in [0.5, 0.6) is 0 Å². The molecular formula is C14H17NO3. The maximum atomic E-state index is 11.9. The summed E-state index contributed by atoms with van der Waals surface area (Å²) < 4.78 is 5.08. The molecular weight excluding hydrogens is 230 g/mol. The Balaban J connectivity index is 3.00. The maximum Gasteiger partial charge on any atom is 0.340 e. The van der Waals surface area contributed by atoms with E-state index in [2.05, 4.69) is 11.9 Å². The molecule has 1 N–H and O–H groups in total. The van der Waals surface area contributed by atoms with Crippen LogP contribution < -0.4 is 5.32 Å². The van der Waals surface area contributed by atoms with Crippen LogP contribution >= 0.6 is 0 Å². The first-order chi connectivity index (χ1) is 8.41. The number of amides is 1. The van der Waals surface area contributed by atoms with Gasteiger partial charge in [0.1, 0.15) is 6.61 Å². The van der Waals surface area contributed by atoms with Crippen LogP contribution in [-0.2, 0) is 9.53 Å². The molecule has 0 aliphatic rings. The van der Waals surface area contributed by atoms with Crippen LogP contribution in [0.25, 0.3) is 0 Å². The standard InChI is InChI=1S/C14H17NO3/c1-9(2)8-18-14(17)12-7-5-6-10(3)13(12)15-11(4)16/h5-7H,1,8H2,2-4H3,(H,15,16). The van der Waals surface area contributed by atoms with Crippen molar-refractivity contribution < 1.29 is 14.3 Å². The number of para-hydroxylation sites is 1. The van der Waals surface area contributed by atoms with Crippen molar-refractivity contribution in [3.05, 3.63) is 41.5 Å². The summed E-state index contributed by atoms with van der Waals surface area (Å²) in [7, 11) is 0. The average Bonchev–Trinajstić information content (AvgIpc) is 2.28. The molecule has 0 heterocycles. The van der Waals surface area contributed by atoms with E-state index in [1.165, 1.54) is 6.92 Å². The normalized spacial score (nSPS) is 9.72. The Bertz CT molecular complexity index is 492. The number of nitrogens with one attached hydrogen (secondary N) is 1. The van der Waals surface area contributed by atoms with Crippen LogP contribution in [0.2, 0.25) is 0 Å². The van der Waals surface area contributed by atoms with Crippen LogP contribution in [0, 0.1) is 6.92 Å². The molecule has 0 spiro atoms. The Morgan fingerprint density at radius 3 is 2.56 bits per heavy atom. The summed E-state index contributed by atoms with van der Waals surface area (Å²) >= 11 is 0. The van der Waals surface area contributed by atoms with Crippen LogP contribution in [0.3, 0.4) is 0 Å². The molecule has 0 saturated heterocycles. The van der Waals surface area contributed by atoms with Gasteiger partial charge < -0.3 is 10.1 Å². The summed E-state index contributed by atoms with van der Waals surface area (Å²) in [6, 6.07) is 5.19. The maximum absolute atomic E-state index is 11.9. The fraction of sp³-hybridized carbons (Fsp3) is 0.286. The van der Waals surface area contributed by atoms with Gasteiger partial charge >= 0.3 is 5.97 Å². The van der Waals surface area contributed by atoms with E-state index in [0.29, 0.717) is 11.3 Å². The number of benzene rings is 1. The lowest BCUT2D eigenvalue weighted by atomic mass is 10.1. The first-order valence-electron chi connectivity index (χ1n) is 5.60. The zero-order valence-electron chi connectivity index (χ0n) is 10.9. The number of anilines is 1. The predicted molar refractivity (Wildman–Crippen MR) is 70.6 cm³/mol. The van der Waals surface area contributed by atoms with Gasteiger partial charge in [0.2, 0.25) is 5.91 Å². The number of hydrogen-bond acceptors (Lipinski definition) is 3. The van der Waals surface area contributed by atoms with Crippen LogP contribution in [0.1, 0.15) is 29.8 Å². The van der Waals surface area contributed by atoms with E-state index < -0.39 is 5.97 Å². The smallest absolute Gasteiger partial charge is 0.340 e. The highest BCUT2D eigenvalue weighted by atomic mass is 16.5. The second kappa shape index (κ2) is 6.00. The average molecular weight is 247 g/mol. The topological polar surface area (TPSA) is 55.4 Å². The van der Waals surface area contributed by atoms with Crippen molar-refractivity contribution in [1.29, 1.82) is 0 Å².